The van der Waals surface area contributed by atoms with E-state index in [4.69, 9.17) is 0 Å². The van der Waals surface area contributed by atoms with E-state index < -0.39 is 6.10 Å². The van der Waals surface area contributed by atoms with Crippen molar-refractivity contribution in [1.82, 2.24) is 4.98 Å². The third-order valence-electron chi connectivity index (χ3n) is 2.64. The number of nitrogens with zero attached hydrogens (tertiary/aromatic N) is 1. The molecule has 0 aliphatic rings. The monoisotopic (exact) mass is 335 g/mol. The number of hydrogen-bond acceptors (Lipinski definition) is 3. The molecule has 0 bridgehead atoms. The maximum atomic E-state index is 11.8. The standard InChI is InChI=1S/C14H14BrN3O2/c1-9(19)10-4-6-11(7-5-10)17-14(20)18-13-12(15)3-2-8-16-13/h2-9,19H,1H3,(H2,16,17,18,20). The third-order valence-corrected chi connectivity index (χ3v) is 3.28. The Labute approximate surface area is 125 Å². The average Bonchev–Trinajstić information content (AvgIpc) is 2.42. The first-order valence-electron chi connectivity index (χ1n) is 6.03. The lowest BCUT2D eigenvalue weighted by atomic mass is 10.1. The Morgan fingerprint density at radius 3 is 2.55 bits per heavy atom. The molecule has 0 saturated heterocycles. The minimum absolute atomic E-state index is 0.380. The highest BCUT2D eigenvalue weighted by Gasteiger charge is 2.07. The number of hydrogen-bond donors (Lipinski definition) is 3. The van der Waals surface area contributed by atoms with Gasteiger partial charge in [-0.15, -0.1) is 0 Å². The van der Waals surface area contributed by atoms with Crippen LogP contribution < -0.4 is 10.6 Å². The van der Waals surface area contributed by atoms with Gasteiger partial charge in [0.15, 0.2) is 0 Å². The lowest BCUT2D eigenvalue weighted by molar-refractivity contribution is 0.199. The van der Waals surface area contributed by atoms with E-state index in [0.29, 0.717) is 16.0 Å². The van der Waals surface area contributed by atoms with Crippen molar-refractivity contribution in [2.75, 3.05) is 10.6 Å². The largest absolute Gasteiger partial charge is 0.389 e. The molecule has 1 heterocycles. The quantitative estimate of drug-likeness (QED) is 0.803. The Kier molecular flexibility index (Phi) is 4.70. The lowest BCUT2D eigenvalue weighted by Crippen LogP contribution is -2.20. The van der Waals surface area contributed by atoms with Crippen molar-refractivity contribution in [3.63, 3.8) is 0 Å². The van der Waals surface area contributed by atoms with Crippen molar-refractivity contribution >= 4 is 33.5 Å². The first-order valence-corrected chi connectivity index (χ1v) is 6.82. The van der Waals surface area contributed by atoms with Crippen molar-refractivity contribution in [3.05, 3.63) is 52.6 Å². The van der Waals surface area contributed by atoms with Crippen LogP contribution in [0.25, 0.3) is 0 Å². The molecule has 0 radical (unpaired) electrons. The summed E-state index contributed by atoms with van der Waals surface area (Å²) in [5.74, 6) is 0.450. The number of amides is 2. The van der Waals surface area contributed by atoms with Gasteiger partial charge in [0.05, 0.1) is 10.6 Å². The molecule has 0 spiro atoms. The van der Waals surface area contributed by atoms with Crippen LogP contribution in [0.1, 0.15) is 18.6 Å². The van der Waals surface area contributed by atoms with E-state index in [1.165, 1.54) is 0 Å². The van der Waals surface area contributed by atoms with E-state index in [1.54, 1.807) is 49.5 Å². The zero-order chi connectivity index (χ0) is 14.5. The summed E-state index contributed by atoms with van der Waals surface area (Å²) in [6, 6.07) is 10.2. The minimum Gasteiger partial charge on any atom is -0.389 e. The second-order valence-corrected chi connectivity index (χ2v) is 5.07. The predicted octanol–water partition coefficient (Wildman–Crippen LogP) is 3.54. The molecule has 3 N–H and O–H groups in total. The van der Waals surface area contributed by atoms with Crippen LogP contribution in [0.4, 0.5) is 16.3 Å². The first kappa shape index (κ1) is 14.5. The predicted molar refractivity (Wildman–Crippen MR) is 81.7 cm³/mol. The molecule has 104 valence electrons. The number of carbonyl (C=O) groups is 1. The molecule has 2 aromatic rings. The van der Waals surface area contributed by atoms with E-state index in [0.717, 1.165) is 5.56 Å². The molecule has 20 heavy (non-hydrogen) atoms. The molecule has 2 amide bonds. The van der Waals surface area contributed by atoms with Gasteiger partial charge < -0.3 is 10.4 Å². The van der Waals surface area contributed by atoms with Gasteiger partial charge in [-0.3, -0.25) is 5.32 Å². The van der Waals surface area contributed by atoms with Crippen LogP contribution in [-0.4, -0.2) is 16.1 Å². The SMILES string of the molecule is CC(O)c1ccc(NC(=O)Nc2ncccc2Br)cc1. The van der Waals surface area contributed by atoms with E-state index in [-0.39, 0.29) is 6.03 Å². The van der Waals surface area contributed by atoms with Crippen LogP contribution in [0.3, 0.4) is 0 Å². The molecule has 1 aromatic carbocycles. The fourth-order valence-electron chi connectivity index (χ4n) is 1.59. The number of halogens is 1. The van der Waals surface area contributed by atoms with Crippen LogP contribution in [0.2, 0.25) is 0 Å². The highest BCUT2D eigenvalue weighted by molar-refractivity contribution is 9.10. The Hall–Kier alpha value is -1.92. The second kappa shape index (κ2) is 6.49. The van der Waals surface area contributed by atoms with Crippen LogP contribution in [-0.2, 0) is 0 Å². The maximum Gasteiger partial charge on any atom is 0.324 e. The minimum atomic E-state index is -0.526. The number of nitrogens with one attached hydrogen (secondary N) is 2. The van der Waals surface area contributed by atoms with Gasteiger partial charge in [-0.1, -0.05) is 12.1 Å². The molecule has 6 heteroatoms. The molecular formula is C14H14BrN3O2. The van der Waals surface area contributed by atoms with Crippen molar-refractivity contribution in [2.45, 2.75) is 13.0 Å². The molecule has 1 unspecified atom stereocenters. The normalized spacial score (nSPS) is 11.8. The summed E-state index contributed by atoms with van der Waals surface area (Å²) in [6.07, 6.45) is 1.07. The molecule has 2 rings (SSSR count). The Bertz CT molecular complexity index is 600. The molecule has 0 aliphatic carbocycles. The summed E-state index contributed by atoms with van der Waals surface area (Å²) in [4.78, 5) is 15.9. The molecule has 0 saturated carbocycles. The summed E-state index contributed by atoms with van der Waals surface area (Å²) in [7, 11) is 0. The lowest BCUT2D eigenvalue weighted by Gasteiger charge is -2.09. The molecule has 5 nitrogen and oxygen atoms in total. The van der Waals surface area contributed by atoms with Crippen LogP contribution in [0, 0.1) is 0 Å². The van der Waals surface area contributed by atoms with Gasteiger partial charge in [0.1, 0.15) is 5.82 Å². The third kappa shape index (κ3) is 3.79. The smallest absolute Gasteiger partial charge is 0.324 e. The highest BCUT2D eigenvalue weighted by atomic mass is 79.9. The van der Waals surface area contributed by atoms with Crippen LogP contribution in [0.5, 0.6) is 0 Å². The number of anilines is 2. The zero-order valence-electron chi connectivity index (χ0n) is 10.8. The van der Waals surface area contributed by atoms with E-state index in [9.17, 15) is 9.90 Å². The number of carbonyl (C=O) groups excluding carboxylic acids is 1. The molecule has 0 aliphatic heterocycles. The summed E-state index contributed by atoms with van der Waals surface area (Å²) in [5.41, 5.74) is 1.43. The molecule has 1 atom stereocenters. The Balaban J connectivity index is 1.99. The van der Waals surface area contributed by atoms with Gasteiger partial charge >= 0.3 is 6.03 Å². The van der Waals surface area contributed by atoms with E-state index >= 15 is 0 Å². The van der Waals surface area contributed by atoms with E-state index in [1.807, 2.05) is 0 Å². The number of aliphatic hydroxyl groups is 1. The van der Waals surface area contributed by atoms with Gasteiger partial charge in [0, 0.05) is 11.9 Å². The van der Waals surface area contributed by atoms with Crippen molar-refractivity contribution in [1.29, 1.82) is 0 Å². The van der Waals surface area contributed by atoms with Crippen molar-refractivity contribution in [3.8, 4) is 0 Å². The molecule has 1 aromatic heterocycles. The number of benzene rings is 1. The topological polar surface area (TPSA) is 74.2 Å². The summed E-state index contributed by atoms with van der Waals surface area (Å²) >= 11 is 3.30. The number of rotatable bonds is 3. The summed E-state index contributed by atoms with van der Waals surface area (Å²) in [5, 5.41) is 14.7. The van der Waals surface area contributed by atoms with Gasteiger partial charge in [-0.2, -0.15) is 0 Å². The summed E-state index contributed by atoms with van der Waals surface area (Å²) < 4.78 is 0.708. The van der Waals surface area contributed by atoms with Gasteiger partial charge in [-0.05, 0) is 52.7 Å². The number of pyridine rings is 1. The van der Waals surface area contributed by atoms with Gasteiger partial charge in [0.25, 0.3) is 0 Å². The number of aromatic nitrogens is 1. The zero-order valence-corrected chi connectivity index (χ0v) is 12.4. The number of aliphatic hydroxyl groups excluding tert-OH is 1. The maximum absolute atomic E-state index is 11.8. The highest BCUT2D eigenvalue weighted by Crippen LogP contribution is 2.19. The first-order chi connectivity index (χ1) is 9.56. The Morgan fingerprint density at radius 1 is 1.25 bits per heavy atom. The van der Waals surface area contributed by atoms with Crippen LogP contribution >= 0.6 is 15.9 Å². The average molecular weight is 336 g/mol. The van der Waals surface area contributed by atoms with Gasteiger partial charge in [-0.25, -0.2) is 9.78 Å². The second-order valence-electron chi connectivity index (χ2n) is 4.21. The number of urea groups is 1. The van der Waals surface area contributed by atoms with Crippen molar-refractivity contribution < 1.29 is 9.90 Å². The van der Waals surface area contributed by atoms with Gasteiger partial charge in [0.2, 0.25) is 0 Å². The fraction of sp³-hybridized carbons (Fsp3) is 0.143. The fourth-order valence-corrected chi connectivity index (χ4v) is 1.95. The molecular weight excluding hydrogens is 322 g/mol. The summed E-state index contributed by atoms with van der Waals surface area (Å²) in [6.45, 7) is 1.69. The Morgan fingerprint density at radius 2 is 1.95 bits per heavy atom. The van der Waals surface area contributed by atoms with E-state index in [2.05, 4.69) is 31.5 Å². The van der Waals surface area contributed by atoms with Crippen molar-refractivity contribution in [2.24, 2.45) is 0 Å². The molecule has 0 fully saturated rings. The van der Waals surface area contributed by atoms with Crippen LogP contribution in [0.15, 0.2) is 47.1 Å².